The van der Waals surface area contributed by atoms with Crippen molar-refractivity contribution >= 4 is 5.91 Å². The highest BCUT2D eigenvalue weighted by molar-refractivity contribution is 5.78. The third kappa shape index (κ3) is 2.76. The molecule has 94 valence electrons. The van der Waals surface area contributed by atoms with E-state index in [2.05, 4.69) is 13.8 Å². The van der Waals surface area contributed by atoms with Crippen molar-refractivity contribution in [3.63, 3.8) is 0 Å². The largest absolute Gasteiger partial charge is 0.345 e. The van der Waals surface area contributed by atoms with Gasteiger partial charge in [-0.25, -0.2) is 0 Å². The van der Waals surface area contributed by atoms with Crippen LogP contribution in [0.25, 0.3) is 0 Å². The second-order valence-electron chi connectivity index (χ2n) is 5.27. The number of carbonyl (C=O) groups is 1. The Hall–Kier alpha value is -0.570. The Kier molecular flexibility index (Phi) is 4.78. The van der Waals surface area contributed by atoms with Gasteiger partial charge in [-0.3, -0.25) is 4.79 Å². The average molecular weight is 226 g/mol. The zero-order valence-electron chi connectivity index (χ0n) is 11.0. The summed E-state index contributed by atoms with van der Waals surface area (Å²) in [5, 5.41) is 0. The van der Waals surface area contributed by atoms with Crippen LogP contribution in [0, 0.1) is 11.3 Å². The van der Waals surface area contributed by atoms with Crippen molar-refractivity contribution in [2.45, 2.75) is 46.0 Å². The van der Waals surface area contributed by atoms with Gasteiger partial charge in [0.2, 0.25) is 5.91 Å². The number of hydrogen-bond acceptors (Lipinski definition) is 2. The summed E-state index contributed by atoms with van der Waals surface area (Å²) in [7, 11) is 1.93. The van der Waals surface area contributed by atoms with E-state index in [9.17, 15) is 4.79 Å². The summed E-state index contributed by atoms with van der Waals surface area (Å²) in [5.74, 6) is 0.490. The minimum atomic E-state index is 0.194. The van der Waals surface area contributed by atoms with E-state index in [-0.39, 0.29) is 11.3 Å². The van der Waals surface area contributed by atoms with Crippen molar-refractivity contribution in [2.24, 2.45) is 17.1 Å². The molecule has 0 aromatic rings. The average Bonchev–Trinajstić information content (AvgIpc) is 2.24. The fourth-order valence-corrected chi connectivity index (χ4v) is 2.63. The van der Waals surface area contributed by atoms with Gasteiger partial charge in [0.05, 0.1) is 0 Å². The monoisotopic (exact) mass is 226 g/mol. The van der Waals surface area contributed by atoms with E-state index in [1.807, 2.05) is 11.9 Å². The van der Waals surface area contributed by atoms with Crippen molar-refractivity contribution in [3.05, 3.63) is 0 Å². The number of amides is 1. The van der Waals surface area contributed by atoms with Gasteiger partial charge in [-0.15, -0.1) is 0 Å². The maximum Gasteiger partial charge on any atom is 0.225 e. The second-order valence-corrected chi connectivity index (χ2v) is 5.27. The first kappa shape index (κ1) is 13.5. The highest BCUT2D eigenvalue weighted by Crippen LogP contribution is 2.40. The quantitative estimate of drug-likeness (QED) is 0.753. The SMILES string of the molecule is CCC(CC)C(=O)N(C)CC1(CN)CCC1. The molecule has 1 rings (SSSR count). The molecule has 0 spiro atoms. The number of nitrogens with two attached hydrogens (primary N) is 1. The van der Waals surface area contributed by atoms with Gasteiger partial charge < -0.3 is 10.6 Å². The van der Waals surface area contributed by atoms with E-state index >= 15 is 0 Å². The lowest BCUT2D eigenvalue weighted by Gasteiger charge is -2.44. The van der Waals surface area contributed by atoms with Gasteiger partial charge in [-0.1, -0.05) is 20.3 Å². The number of hydrogen-bond donors (Lipinski definition) is 1. The Morgan fingerprint density at radius 2 is 1.94 bits per heavy atom. The summed E-state index contributed by atoms with van der Waals surface area (Å²) >= 11 is 0. The molecule has 16 heavy (non-hydrogen) atoms. The Balaban J connectivity index is 2.50. The summed E-state index contributed by atoms with van der Waals surface area (Å²) in [6, 6.07) is 0. The van der Waals surface area contributed by atoms with E-state index in [0.717, 1.165) is 19.4 Å². The van der Waals surface area contributed by atoms with Gasteiger partial charge in [0.1, 0.15) is 0 Å². The Bertz CT molecular complexity index is 227. The van der Waals surface area contributed by atoms with E-state index in [4.69, 9.17) is 5.73 Å². The molecular weight excluding hydrogens is 200 g/mol. The Labute approximate surface area is 99.4 Å². The number of carbonyl (C=O) groups excluding carboxylic acids is 1. The molecule has 0 radical (unpaired) electrons. The molecule has 3 heteroatoms. The molecule has 1 fully saturated rings. The van der Waals surface area contributed by atoms with Gasteiger partial charge in [0, 0.05) is 24.9 Å². The molecule has 1 aliphatic rings. The maximum atomic E-state index is 12.1. The maximum absolute atomic E-state index is 12.1. The molecule has 0 aromatic heterocycles. The third-order valence-electron chi connectivity index (χ3n) is 4.13. The van der Waals surface area contributed by atoms with Crippen molar-refractivity contribution < 1.29 is 4.79 Å². The first-order valence-corrected chi connectivity index (χ1v) is 6.53. The lowest BCUT2D eigenvalue weighted by atomic mass is 9.68. The molecule has 0 saturated heterocycles. The summed E-state index contributed by atoms with van der Waals surface area (Å²) in [6.07, 6.45) is 5.52. The molecular formula is C13H26N2O. The molecule has 0 atom stereocenters. The van der Waals surface area contributed by atoms with Crippen LogP contribution in [0.1, 0.15) is 46.0 Å². The van der Waals surface area contributed by atoms with Crippen LogP contribution in [0.5, 0.6) is 0 Å². The first-order valence-electron chi connectivity index (χ1n) is 6.53. The highest BCUT2D eigenvalue weighted by Gasteiger charge is 2.37. The van der Waals surface area contributed by atoms with Crippen LogP contribution in [0.2, 0.25) is 0 Å². The predicted octanol–water partition coefficient (Wildman–Crippen LogP) is 2.01. The zero-order valence-corrected chi connectivity index (χ0v) is 11.0. The summed E-state index contributed by atoms with van der Waals surface area (Å²) in [5.41, 5.74) is 6.05. The molecule has 0 unspecified atom stereocenters. The summed E-state index contributed by atoms with van der Waals surface area (Å²) < 4.78 is 0. The van der Waals surface area contributed by atoms with Crippen molar-refractivity contribution in [3.8, 4) is 0 Å². The number of nitrogens with zero attached hydrogens (tertiary/aromatic N) is 1. The van der Waals surface area contributed by atoms with Gasteiger partial charge >= 0.3 is 0 Å². The van der Waals surface area contributed by atoms with Gasteiger partial charge in [-0.05, 0) is 32.2 Å². The highest BCUT2D eigenvalue weighted by atomic mass is 16.2. The minimum Gasteiger partial charge on any atom is -0.345 e. The third-order valence-corrected chi connectivity index (χ3v) is 4.13. The minimum absolute atomic E-state index is 0.194. The first-order chi connectivity index (χ1) is 7.58. The van der Waals surface area contributed by atoms with E-state index < -0.39 is 0 Å². The topological polar surface area (TPSA) is 46.3 Å². The van der Waals surface area contributed by atoms with Crippen LogP contribution in [-0.4, -0.2) is 30.9 Å². The van der Waals surface area contributed by atoms with Crippen molar-refractivity contribution in [1.82, 2.24) is 4.90 Å². The van der Waals surface area contributed by atoms with Crippen LogP contribution in [0.3, 0.4) is 0 Å². The van der Waals surface area contributed by atoms with E-state index in [1.165, 1.54) is 19.3 Å². The van der Waals surface area contributed by atoms with Gasteiger partial charge in [-0.2, -0.15) is 0 Å². The normalized spacial score (nSPS) is 18.3. The van der Waals surface area contributed by atoms with Crippen molar-refractivity contribution in [2.75, 3.05) is 20.1 Å². The number of rotatable bonds is 6. The molecule has 1 aliphatic carbocycles. The molecule has 3 nitrogen and oxygen atoms in total. The lowest BCUT2D eigenvalue weighted by molar-refractivity contribution is -0.136. The van der Waals surface area contributed by atoms with Crippen LogP contribution >= 0.6 is 0 Å². The fraction of sp³-hybridized carbons (Fsp3) is 0.923. The Morgan fingerprint density at radius 3 is 2.25 bits per heavy atom. The molecule has 1 saturated carbocycles. The van der Waals surface area contributed by atoms with Crippen LogP contribution in [0.15, 0.2) is 0 Å². The predicted molar refractivity (Wildman–Crippen MR) is 67.0 cm³/mol. The van der Waals surface area contributed by atoms with Crippen LogP contribution < -0.4 is 5.73 Å². The van der Waals surface area contributed by atoms with E-state index in [0.29, 0.717) is 12.5 Å². The summed E-state index contributed by atoms with van der Waals surface area (Å²) in [4.78, 5) is 14.0. The molecule has 0 heterocycles. The molecule has 1 amide bonds. The second kappa shape index (κ2) is 5.67. The van der Waals surface area contributed by atoms with Gasteiger partial charge in [0.15, 0.2) is 0 Å². The smallest absolute Gasteiger partial charge is 0.225 e. The van der Waals surface area contributed by atoms with Crippen molar-refractivity contribution in [1.29, 1.82) is 0 Å². The lowest BCUT2D eigenvalue weighted by Crippen LogP contribution is -2.48. The van der Waals surface area contributed by atoms with Crippen LogP contribution in [0.4, 0.5) is 0 Å². The molecule has 0 bridgehead atoms. The summed E-state index contributed by atoms with van der Waals surface area (Å²) in [6.45, 7) is 5.73. The van der Waals surface area contributed by atoms with Crippen LogP contribution in [-0.2, 0) is 4.79 Å². The standard InChI is InChI=1S/C13H26N2O/c1-4-11(5-2)12(16)15(3)10-13(9-14)7-6-8-13/h11H,4-10,14H2,1-3H3. The van der Waals surface area contributed by atoms with Gasteiger partial charge in [0.25, 0.3) is 0 Å². The fourth-order valence-electron chi connectivity index (χ4n) is 2.63. The van der Waals surface area contributed by atoms with E-state index in [1.54, 1.807) is 0 Å². The molecule has 2 N–H and O–H groups in total. The molecule has 0 aliphatic heterocycles. The molecule has 0 aromatic carbocycles. The zero-order chi connectivity index (χ0) is 12.2. The Morgan fingerprint density at radius 1 is 1.38 bits per heavy atom.